The minimum atomic E-state index is 0.300. The Bertz CT molecular complexity index is 496. The maximum Gasteiger partial charge on any atom is 0.0345 e. The second-order valence-corrected chi connectivity index (χ2v) is 8.31. The quantitative estimate of drug-likeness (QED) is 0.616. The molecule has 2 atom stereocenters. The van der Waals surface area contributed by atoms with E-state index in [0.717, 1.165) is 0 Å². The molecule has 1 N–H and O–H groups in total. The average molecular weight is 331 g/mol. The predicted molar refractivity (Wildman–Crippen MR) is 107 cm³/mol. The third kappa shape index (κ3) is 4.99. The highest BCUT2D eigenvalue weighted by Crippen LogP contribution is 2.40. The molecule has 0 radical (unpaired) electrons. The van der Waals surface area contributed by atoms with Crippen LogP contribution >= 0.6 is 0 Å². The summed E-state index contributed by atoms with van der Waals surface area (Å²) >= 11 is 0. The molecule has 0 aromatic heterocycles. The van der Waals surface area contributed by atoms with E-state index in [1.54, 1.807) is 0 Å². The van der Waals surface area contributed by atoms with Crippen molar-refractivity contribution in [2.45, 2.75) is 78.2 Å². The first-order valence-electron chi connectivity index (χ1n) is 10.0. The van der Waals surface area contributed by atoms with Gasteiger partial charge in [-0.15, -0.1) is 0 Å². The maximum atomic E-state index is 3.55. The van der Waals surface area contributed by atoms with Gasteiger partial charge in [-0.05, 0) is 68.8 Å². The lowest BCUT2D eigenvalue weighted by atomic mass is 9.68. The average Bonchev–Trinajstić information content (AvgIpc) is 2.54. The van der Waals surface area contributed by atoms with Crippen LogP contribution in [0.2, 0.25) is 0 Å². The Morgan fingerprint density at radius 2 is 2.04 bits per heavy atom. The van der Waals surface area contributed by atoms with Gasteiger partial charge in [0.05, 0.1) is 0 Å². The van der Waals surface area contributed by atoms with Gasteiger partial charge in [0.2, 0.25) is 0 Å². The first-order valence-corrected chi connectivity index (χ1v) is 10.0. The summed E-state index contributed by atoms with van der Waals surface area (Å²) in [7, 11) is 0. The van der Waals surface area contributed by atoms with Crippen molar-refractivity contribution < 1.29 is 0 Å². The number of benzene rings is 1. The van der Waals surface area contributed by atoms with Crippen LogP contribution in [0.4, 0.5) is 5.69 Å². The fourth-order valence-electron chi connectivity index (χ4n) is 4.01. The van der Waals surface area contributed by atoms with Crippen LogP contribution in [-0.4, -0.2) is 30.6 Å². The summed E-state index contributed by atoms with van der Waals surface area (Å²) in [6.07, 6.45) is 6.74. The lowest BCUT2D eigenvalue weighted by Crippen LogP contribution is -2.47. The van der Waals surface area contributed by atoms with Crippen molar-refractivity contribution in [1.29, 1.82) is 0 Å². The minimum absolute atomic E-state index is 0.300. The molecule has 2 rings (SSSR count). The van der Waals surface area contributed by atoms with Gasteiger partial charge < -0.3 is 10.2 Å². The normalized spacial score (nSPS) is 25.2. The Morgan fingerprint density at radius 1 is 1.25 bits per heavy atom. The summed E-state index contributed by atoms with van der Waals surface area (Å²) in [5, 5.41) is 3.55. The third-order valence-corrected chi connectivity index (χ3v) is 5.87. The molecular weight excluding hydrogens is 292 g/mol. The predicted octanol–water partition coefficient (Wildman–Crippen LogP) is 5.69. The molecule has 0 bridgehead atoms. The number of nitrogens with zero attached hydrogens (tertiary/aromatic N) is 1. The van der Waals surface area contributed by atoms with E-state index < -0.39 is 0 Å². The van der Waals surface area contributed by atoms with Crippen LogP contribution in [0.5, 0.6) is 0 Å². The molecule has 1 fully saturated rings. The molecule has 2 heteroatoms. The van der Waals surface area contributed by atoms with Gasteiger partial charge in [0.15, 0.2) is 0 Å². The molecule has 24 heavy (non-hydrogen) atoms. The number of unbranched alkanes of at least 4 members (excludes halogenated alkanes) is 3. The van der Waals surface area contributed by atoms with Crippen LogP contribution in [0.3, 0.4) is 0 Å². The van der Waals surface area contributed by atoms with Crippen LogP contribution in [0.1, 0.15) is 72.3 Å². The van der Waals surface area contributed by atoms with Crippen LogP contribution in [0.25, 0.3) is 0 Å². The van der Waals surface area contributed by atoms with Crippen LogP contribution in [0, 0.1) is 5.92 Å². The topological polar surface area (TPSA) is 15.3 Å². The number of piperidine rings is 1. The molecule has 1 saturated heterocycles. The molecule has 0 spiro atoms. The van der Waals surface area contributed by atoms with E-state index in [0.29, 0.717) is 17.4 Å². The summed E-state index contributed by atoms with van der Waals surface area (Å²) in [4.78, 5) is 2.69. The SMILES string of the molecule is CCCCCCN1CCC(C)(c2cccc(NC(C)C)c2)C(C)C1. The van der Waals surface area contributed by atoms with Crippen molar-refractivity contribution in [3.8, 4) is 0 Å². The number of likely N-dealkylation sites (tertiary alicyclic amines) is 1. The van der Waals surface area contributed by atoms with Gasteiger partial charge in [0.25, 0.3) is 0 Å². The van der Waals surface area contributed by atoms with Gasteiger partial charge in [-0.3, -0.25) is 0 Å². The van der Waals surface area contributed by atoms with Gasteiger partial charge in [-0.1, -0.05) is 52.2 Å². The Hall–Kier alpha value is -1.02. The second kappa shape index (κ2) is 8.89. The third-order valence-electron chi connectivity index (χ3n) is 5.87. The van der Waals surface area contributed by atoms with Crippen molar-refractivity contribution >= 4 is 5.69 Å². The molecule has 0 aliphatic carbocycles. The van der Waals surface area contributed by atoms with Crippen molar-refractivity contribution in [3.63, 3.8) is 0 Å². The van der Waals surface area contributed by atoms with E-state index in [1.165, 1.54) is 63.0 Å². The van der Waals surface area contributed by atoms with E-state index >= 15 is 0 Å². The highest BCUT2D eigenvalue weighted by molar-refractivity contribution is 5.48. The van der Waals surface area contributed by atoms with Gasteiger partial charge in [0.1, 0.15) is 0 Å². The smallest absolute Gasteiger partial charge is 0.0345 e. The van der Waals surface area contributed by atoms with Gasteiger partial charge in [-0.2, -0.15) is 0 Å². The second-order valence-electron chi connectivity index (χ2n) is 8.31. The number of hydrogen-bond donors (Lipinski definition) is 1. The number of nitrogens with one attached hydrogen (secondary N) is 1. The van der Waals surface area contributed by atoms with Crippen LogP contribution in [0.15, 0.2) is 24.3 Å². The standard InChI is InChI=1S/C22H38N2/c1-6-7-8-9-14-24-15-13-22(5,19(4)17-24)20-11-10-12-21(16-20)23-18(2)3/h10-12,16,18-19,23H,6-9,13-15,17H2,1-5H3. The fourth-order valence-corrected chi connectivity index (χ4v) is 4.01. The summed E-state index contributed by atoms with van der Waals surface area (Å²) in [5.74, 6) is 0.701. The molecule has 2 nitrogen and oxygen atoms in total. The molecule has 1 aromatic carbocycles. The Labute approximate surface area is 150 Å². The highest BCUT2D eigenvalue weighted by atomic mass is 15.1. The van der Waals surface area contributed by atoms with E-state index in [2.05, 4.69) is 69.1 Å². The molecule has 1 heterocycles. The number of rotatable bonds is 8. The van der Waals surface area contributed by atoms with Gasteiger partial charge >= 0.3 is 0 Å². The van der Waals surface area contributed by atoms with Crippen molar-refractivity contribution in [2.24, 2.45) is 5.92 Å². The summed E-state index contributed by atoms with van der Waals surface area (Å²) in [6.45, 7) is 15.4. The lowest BCUT2D eigenvalue weighted by molar-refractivity contribution is 0.109. The Balaban J connectivity index is 1.98. The van der Waals surface area contributed by atoms with E-state index in [1.807, 2.05) is 0 Å². The zero-order valence-electron chi connectivity index (χ0n) is 16.6. The van der Waals surface area contributed by atoms with Crippen molar-refractivity contribution in [2.75, 3.05) is 25.0 Å². The highest BCUT2D eigenvalue weighted by Gasteiger charge is 2.37. The molecule has 0 saturated carbocycles. The van der Waals surface area contributed by atoms with Crippen LogP contribution in [-0.2, 0) is 5.41 Å². The molecule has 136 valence electrons. The first-order chi connectivity index (χ1) is 11.5. The Morgan fingerprint density at radius 3 is 2.71 bits per heavy atom. The zero-order valence-corrected chi connectivity index (χ0v) is 16.6. The fraction of sp³-hybridized carbons (Fsp3) is 0.727. The molecule has 0 amide bonds. The summed E-state index contributed by atoms with van der Waals surface area (Å²) in [6, 6.07) is 9.61. The van der Waals surface area contributed by atoms with Crippen molar-refractivity contribution in [1.82, 2.24) is 4.90 Å². The molecular formula is C22H38N2. The Kier molecular flexibility index (Phi) is 7.16. The van der Waals surface area contributed by atoms with E-state index in [-0.39, 0.29) is 0 Å². The molecule has 2 unspecified atom stereocenters. The number of hydrogen-bond acceptors (Lipinski definition) is 2. The van der Waals surface area contributed by atoms with Crippen molar-refractivity contribution in [3.05, 3.63) is 29.8 Å². The van der Waals surface area contributed by atoms with Gasteiger partial charge in [-0.25, -0.2) is 0 Å². The monoisotopic (exact) mass is 330 g/mol. The lowest BCUT2D eigenvalue weighted by Gasteiger charge is -2.45. The zero-order chi connectivity index (χ0) is 17.6. The molecule has 1 aromatic rings. The number of anilines is 1. The first kappa shape index (κ1) is 19.3. The van der Waals surface area contributed by atoms with E-state index in [9.17, 15) is 0 Å². The minimum Gasteiger partial charge on any atom is -0.383 e. The molecule has 1 aliphatic heterocycles. The molecule has 1 aliphatic rings. The largest absolute Gasteiger partial charge is 0.383 e. The van der Waals surface area contributed by atoms with E-state index in [4.69, 9.17) is 0 Å². The summed E-state index contributed by atoms with van der Waals surface area (Å²) < 4.78 is 0. The van der Waals surface area contributed by atoms with Crippen LogP contribution < -0.4 is 5.32 Å². The maximum absolute atomic E-state index is 3.55. The van der Waals surface area contributed by atoms with Gasteiger partial charge in [0, 0.05) is 18.3 Å². The summed E-state index contributed by atoms with van der Waals surface area (Å²) in [5.41, 5.74) is 3.07.